The SMILES string of the molecule is CNC(=O)C(=O)NC[C@H](c1cccs1)S(=O)(=O)c1ccc(F)cc1. The zero-order chi connectivity index (χ0) is 17.7. The van der Waals surface area contributed by atoms with Gasteiger partial charge in [0.1, 0.15) is 11.1 Å². The molecule has 9 heteroatoms. The van der Waals surface area contributed by atoms with Crippen molar-refractivity contribution in [3.8, 4) is 0 Å². The summed E-state index contributed by atoms with van der Waals surface area (Å²) in [5.74, 6) is -2.33. The van der Waals surface area contributed by atoms with E-state index in [1.807, 2.05) is 0 Å². The van der Waals surface area contributed by atoms with Crippen molar-refractivity contribution in [2.75, 3.05) is 13.6 Å². The summed E-state index contributed by atoms with van der Waals surface area (Å²) in [5.41, 5.74) is 0. The average Bonchev–Trinajstić information content (AvgIpc) is 3.08. The van der Waals surface area contributed by atoms with Crippen molar-refractivity contribution < 1.29 is 22.4 Å². The maximum atomic E-state index is 13.0. The van der Waals surface area contributed by atoms with E-state index in [2.05, 4.69) is 10.6 Å². The van der Waals surface area contributed by atoms with Crippen molar-refractivity contribution in [3.05, 3.63) is 52.5 Å². The maximum absolute atomic E-state index is 13.0. The number of nitrogens with one attached hydrogen (secondary N) is 2. The predicted octanol–water partition coefficient (Wildman–Crippen LogP) is 1.26. The van der Waals surface area contributed by atoms with Gasteiger partial charge >= 0.3 is 11.8 Å². The Bertz CT molecular complexity index is 818. The first-order chi connectivity index (χ1) is 11.4. The number of benzene rings is 1. The Kier molecular flexibility index (Phi) is 5.68. The third-order valence-corrected chi connectivity index (χ3v) is 6.49. The maximum Gasteiger partial charge on any atom is 0.309 e. The van der Waals surface area contributed by atoms with E-state index in [1.165, 1.54) is 30.5 Å². The summed E-state index contributed by atoms with van der Waals surface area (Å²) in [6.45, 7) is -0.271. The van der Waals surface area contributed by atoms with Crippen molar-refractivity contribution in [1.29, 1.82) is 0 Å². The first kappa shape index (κ1) is 18.1. The number of carbonyl (C=O) groups excluding carboxylic acids is 2. The summed E-state index contributed by atoms with van der Waals surface area (Å²) in [6.07, 6.45) is 0. The Morgan fingerprint density at radius 2 is 1.83 bits per heavy atom. The first-order valence-corrected chi connectivity index (χ1v) is 9.31. The van der Waals surface area contributed by atoms with Crippen LogP contribution in [0.15, 0.2) is 46.7 Å². The Morgan fingerprint density at radius 1 is 1.17 bits per heavy atom. The second-order valence-corrected chi connectivity index (χ2v) is 7.90. The van der Waals surface area contributed by atoms with E-state index in [1.54, 1.807) is 17.5 Å². The molecule has 128 valence electrons. The van der Waals surface area contributed by atoms with E-state index < -0.39 is 32.7 Å². The summed E-state index contributed by atoms with van der Waals surface area (Å²) in [5, 5.41) is 5.11. The van der Waals surface area contributed by atoms with E-state index in [0.717, 1.165) is 12.1 Å². The number of rotatable bonds is 5. The minimum absolute atomic E-state index is 0.0588. The topological polar surface area (TPSA) is 92.3 Å². The van der Waals surface area contributed by atoms with Crippen molar-refractivity contribution in [2.24, 2.45) is 0 Å². The molecule has 0 aliphatic rings. The minimum Gasteiger partial charge on any atom is -0.351 e. The van der Waals surface area contributed by atoms with Crippen LogP contribution in [0.2, 0.25) is 0 Å². The predicted molar refractivity (Wildman–Crippen MR) is 87.7 cm³/mol. The minimum atomic E-state index is -3.87. The molecule has 1 heterocycles. The van der Waals surface area contributed by atoms with Crippen LogP contribution in [0, 0.1) is 5.82 Å². The number of likely N-dealkylation sites (N-methyl/N-ethyl adjacent to an activating group) is 1. The van der Waals surface area contributed by atoms with Crippen molar-refractivity contribution in [2.45, 2.75) is 10.1 Å². The van der Waals surface area contributed by atoms with Crippen LogP contribution in [0.25, 0.3) is 0 Å². The molecule has 0 aliphatic heterocycles. The van der Waals surface area contributed by atoms with Crippen LogP contribution in [-0.4, -0.2) is 33.8 Å². The van der Waals surface area contributed by atoms with Gasteiger partial charge in [-0.15, -0.1) is 11.3 Å². The molecular formula is C15H15FN2O4S2. The summed E-state index contributed by atoms with van der Waals surface area (Å²) < 4.78 is 38.7. The molecule has 0 fully saturated rings. The number of carbonyl (C=O) groups is 2. The molecule has 0 radical (unpaired) electrons. The number of amides is 2. The Hall–Kier alpha value is -2.26. The molecule has 2 aromatic rings. The van der Waals surface area contributed by atoms with Gasteiger partial charge in [0.2, 0.25) is 0 Å². The van der Waals surface area contributed by atoms with Crippen molar-refractivity contribution >= 4 is 33.0 Å². The number of hydrogen-bond acceptors (Lipinski definition) is 5. The molecule has 0 saturated carbocycles. The smallest absolute Gasteiger partial charge is 0.309 e. The first-order valence-electron chi connectivity index (χ1n) is 6.89. The standard InChI is InChI=1S/C15H15FN2O4S2/c1-17-14(19)15(20)18-9-13(12-3-2-8-23-12)24(21,22)11-6-4-10(16)5-7-11/h2-8,13H,9H2,1H3,(H,17,19)(H,18,20)/t13-/m1/s1. The second kappa shape index (κ2) is 7.54. The van der Waals surface area contributed by atoms with Gasteiger partial charge in [-0.2, -0.15) is 0 Å². The number of hydrogen-bond donors (Lipinski definition) is 2. The molecule has 0 saturated heterocycles. The Balaban J connectivity index is 2.31. The fourth-order valence-electron chi connectivity index (χ4n) is 2.01. The van der Waals surface area contributed by atoms with Gasteiger partial charge in [-0.05, 0) is 35.7 Å². The van der Waals surface area contributed by atoms with E-state index in [0.29, 0.717) is 4.88 Å². The molecule has 0 bridgehead atoms. The molecule has 2 amide bonds. The fraction of sp³-hybridized carbons (Fsp3) is 0.200. The van der Waals surface area contributed by atoms with Gasteiger partial charge in [0.25, 0.3) is 0 Å². The van der Waals surface area contributed by atoms with Gasteiger partial charge in [-0.1, -0.05) is 6.07 Å². The van der Waals surface area contributed by atoms with Gasteiger partial charge in [0.15, 0.2) is 9.84 Å². The molecule has 0 spiro atoms. The third kappa shape index (κ3) is 3.98. The fourth-order valence-corrected chi connectivity index (χ4v) is 4.79. The molecule has 2 N–H and O–H groups in total. The molecule has 1 aromatic carbocycles. The lowest BCUT2D eigenvalue weighted by Crippen LogP contribution is -2.40. The summed E-state index contributed by atoms with van der Waals surface area (Å²) >= 11 is 1.22. The van der Waals surface area contributed by atoms with Gasteiger partial charge in [-0.3, -0.25) is 9.59 Å². The van der Waals surface area contributed by atoms with E-state index in [-0.39, 0.29) is 11.4 Å². The molecular weight excluding hydrogens is 355 g/mol. The highest BCUT2D eigenvalue weighted by Gasteiger charge is 2.31. The van der Waals surface area contributed by atoms with Crippen molar-refractivity contribution in [3.63, 3.8) is 0 Å². The van der Waals surface area contributed by atoms with Gasteiger partial charge in [0.05, 0.1) is 4.90 Å². The lowest BCUT2D eigenvalue weighted by atomic mass is 10.3. The molecule has 0 unspecified atom stereocenters. The second-order valence-electron chi connectivity index (χ2n) is 4.79. The quantitative estimate of drug-likeness (QED) is 0.612. The molecule has 0 aliphatic carbocycles. The number of thiophene rings is 1. The van der Waals surface area contributed by atoms with E-state index >= 15 is 0 Å². The highest BCUT2D eigenvalue weighted by atomic mass is 32.2. The summed E-state index contributed by atoms with van der Waals surface area (Å²) in [4.78, 5) is 23.3. The summed E-state index contributed by atoms with van der Waals surface area (Å²) in [6, 6.07) is 7.77. The summed E-state index contributed by atoms with van der Waals surface area (Å²) in [7, 11) is -2.57. The zero-order valence-corrected chi connectivity index (χ0v) is 14.3. The highest BCUT2D eigenvalue weighted by molar-refractivity contribution is 7.91. The number of sulfone groups is 1. The van der Waals surface area contributed by atoms with Crippen LogP contribution in [0.1, 0.15) is 10.1 Å². The molecule has 6 nitrogen and oxygen atoms in total. The van der Waals surface area contributed by atoms with Crippen LogP contribution < -0.4 is 10.6 Å². The van der Waals surface area contributed by atoms with Crippen LogP contribution >= 0.6 is 11.3 Å². The van der Waals surface area contributed by atoms with Crippen LogP contribution in [0.5, 0.6) is 0 Å². The van der Waals surface area contributed by atoms with Gasteiger partial charge < -0.3 is 10.6 Å². The van der Waals surface area contributed by atoms with E-state index in [9.17, 15) is 22.4 Å². The molecule has 2 rings (SSSR count). The highest BCUT2D eigenvalue weighted by Crippen LogP contribution is 2.31. The van der Waals surface area contributed by atoms with Gasteiger partial charge in [-0.25, -0.2) is 12.8 Å². The zero-order valence-electron chi connectivity index (χ0n) is 12.7. The largest absolute Gasteiger partial charge is 0.351 e. The van der Waals surface area contributed by atoms with Crippen LogP contribution in [-0.2, 0) is 19.4 Å². The van der Waals surface area contributed by atoms with Crippen LogP contribution in [0.4, 0.5) is 4.39 Å². The third-order valence-electron chi connectivity index (χ3n) is 3.26. The molecule has 24 heavy (non-hydrogen) atoms. The number of halogens is 1. The van der Waals surface area contributed by atoms with Crippen molar-refractivity contribution in [1.82, 2.24) is 10.6 Å². The average molecular weight is 370 g/mol. The normalized spacial score (nSPS) is 12.4. The Morgan fingerprint density at radius 3 is 2.38 bits per heavy atom. The molecule has 1 aromatic heterocycles. The van der Waals surface area contributed by atoms with Crippen LogP contribution in [0.3, 0.4) is 0 Å². The van der Waals surface area contributed by atoms with E-state index in [4.69, 9.17) is 0 Å². The lowest BCUT2D eigenvalue weighted by molar-refractivity contribution is -0.138. The van der Waals surface area contributed by atoms with Gasteiger partial charge in [0, 0.05) is 18.5 Å². The Labute approximate surface area is 142 Å². The monoisotopic (exact) mass is 370 g/mol. The lowest BCUT2D eigenvalue weighted by Gasteiger charge is -2.17. The molecule has 1 atom stereocenters.